The first-order valence-electron chi connectivity index (χ1n) is 4.22. The van der Waals surface area contributed by atoms with Crippen molar-refractivity contribution >= 4 is 29.9 Å². The van der Waals surface area contributed by atoms with Gasteiger partial charge in [-0.2, -0.15) is 0 Å². The van der Waals surface area contributed by atoms with Gasteiger partial charge in [0.1, 0.15) is 0 Å². The molecular formula is C10H10ClNO3. The Labute approximate surface area is 92.2 Å². The molecule has 1 N–H and O–H groups in total. The van der Waals surface area contributed by atoms with E-state index in [0.29, 0.717) is 10.7 Å². The van der Waals surface area contributed by atoms with Gasteiger partial charge in [-0.1, -0.05) is 11.6 Å². The smallest absolute Gasteiger partial charge is 0.378 e. The van der Waals surface area contributed by atoms with Gasteiger partial charge in [0.15, 0.2) is 0 Å². The summed E-state index contributed by atoms with van der Waals surface area (Å²) < 4.78 is 4.12. The molecule has 0 heterocycles. The minimum atomic E-state index is -0.807. The Balaban J connectivity index is 2.94. The van der Waals surface area contributed by atoms with Crippen molar-refractivity contribution in [2.24, 2.45) is 0 Å². The van der Waals surface area contributed by atoms with Crippen LogP contribution >= 0.6 is 11.6 Å². The maximum absolute atomic E-state index is 11.0. The van der Waals surface area contributed by atoms with Crippen molar-refractivity contribution in [1.82, 2.24) is 0 Å². The Morgan fingerprint density at radius 3 is 2.40 bits per heavy atom. The zero-order valence-electron chi connectivity index (χ0n) is 8.33. The highest BCUT2D eigenvalue weighted by molar-refractivity contribution is 6.30. The fourth-order valence-electron chi connectivity index (χ4n) is 1.28. The third kappa shape index (κ3) is 2.95. The molecule has 0 aromatic heterocycles. The van der Waals surface area contributed by atoms with Crippen LogP contribution in [0.5, 0.6) is 0 Å². The van der Waals surface area contributed by atoms with E-state index in [1.807, 2.05) is 0 Å². The summed E-state index contributed by atoms with van der Waals surface area (Å²) in [4.78, 5) is 20.9. The van der Waals surface area contributed by atoms with E-state index >= 15 is 0 Å². The number of anilines is 1. The van der Waals surface area contributed by atoms with Crippen LogP contribution < -0.4 is 5.32 Å². The number of rotatable bonds is 2. The Kier molecular flexibility index (Phi) is 3.68. The molecule has 5 heteroatoms. The predicted molar refractivity (Wildman–Crippen MR) is 57.1 cm³/mol. The molecule has 0 saturated carbocycles. The van der Waals surface area contributed by atoms with Gasteiger partial charge >= 0.3 is 12.6 Å². The second kappa shape index (κ2) is 4.79. The lowest BCUT2D eigenvalue weighted by Crippen LogP contribution is -2.14. The van der Waals surface area contributed by atoms with Gasteiger partial charge in [0.2, 0.25) is 0 Å². The zero-order valence-corrected chi connectivity index (χ0v) is 9.09. The lowest BCUT2D eigenvalue weighted by molar-refractivity contribution is -0.122. The van der Waals surface area contributed by atoms with Crippen LogP contribution in [0.3, 0.4) is 0 Å². The van der Waals surface area contributed by atoms with Gasteiger partial charge in [0, 0.05) is 10.7 Å². The van der Waals surface area contributed by atoms with Crippen LogP contribution in [-0.2, 0) is 9.53 Å². The van der Waals surface area contributed by atoms with Gasteiger partial charge in [-0.15, -0.1) is 0 Å². The Bertz CT molecular complexity index is 381. The summed E-state index contributed by atoms with van der Waals surface area (Å²) in [6, 6.07) is 3.43. The van der Waals surface area contributed by atoms with Crippen molar-refractivity contribution in [3.63, 3.8) is 0 Å². The molecular weight excluding hydrogens is 218 g/mol. The summed E-state index contributed by atoms with van der Waals surface area (Å²) in [6.45, 7) is 3.68. The number of hydrogen-bond donors (Lipinski definition) is 1. The molecule has 0 aliphatic heterocycles. The maximum atomic E-state index is 11.0. The van der Waals surface area contributed by atoms with Crippen LogP contribution in [0.15, 0.2) is 12.1 Å². The number of halogens is 1. The van der Waals surface area contributed by atoms with Crippen molar-refractivity contribution in [1.29, 1.82) is 0 Å². The number of aryl methyl sites for hydroxylation is 2. The second-order valence-corrected chi connectivity index (χ2v) is 3.48. The molecule has 0 radical (unpaired) electrons. The summed E-state index contributed by atoms with van der Waals surface area (Å²) in [6.07, 6.45) is -0.807. The number of carbonyl (C=O) groups excluding carboxylic acids is 2. The molecule has 1 rings (SSSR count). The quantitative estimate of drug-likeness (QED) is 0.624. The lowest BCUT2D eigenvalue weighted by Gasteiger charge is -2.10. The summed E-state index contributed by atoms with van der Waals surface area (Å²) in [5, 5.41) is 3.05. The molecule has 0 fully saturated rings. The molecule has 4 nitrogen and oxygen atoms in total. The number of amides is 1. The van der Waals surface area contributed by atoms with E-state index in [-0.39, 0.29) is 6.47 Å². The van der Waals surface area contributed by atoms with E-state index in [0.717, 1.165) is 11.1 Å². The summed E-state index contributed by atoms with van der Waals surface area (Å²) in [7, 11) is 0. The van der Waals surface area contributed by atoms with E-state index in [2.05, 4.69) is 10.1 Å². The first-order valence-corrected chi connectivity index (χ1v) is 4.60. The molecule has 0 spiro atoms. The van der Waals surface area contributed by atoms with Crippen LogP contribution in [0.1, 0.15) is 11.1 Å². The molecule has 0 aliphatic carbocycles. The number of benzene rings is 1. The third-order valence-electron chi connectivity index (χ3n) is 1.88. The normalized spacial score (nSPS) is 9.53. The largest absolute Gasteiger partial charge is 0.419 e. The first-order chi connectivity index (χ1) is 7.04. The SMILES string of the molecule is Cc1cc(Cl)cc(C)c1NC(=O)OC=O. The second-order valence-electron chi connectivity index (χ2n) is 3.04. The van der Waals surface area contributed by atoms with Gasteiger partial charge in [0.25, 0.3) is 0 Å². The molecule has 0 aliphatic rings. The molecule has 0 atom stereocenters. The van der Waals surface area contributed by atoms with Gasteiger partial charge < -0.3 is 4.74 Å². The average molecular weight is 228 g/mol. The number of carbonyl (C=O) groups is 2. The number of ether oxygens (including phenoxy) is 1. The van der Waals surface area contributed by atoms with Crippen molar-refractivity contribution in [3.05, 3.63) is 28.3 Å². The van der Waals surface area contributed by atoms with Crippen molar-refractivity contribution in [2.45, 2.75) is 13.8 Å². The maximum Gasteiger partial charge on any atom is 0.419 e. The molecule has 1 amide bonds. The van der Waals surface area contributed by atoms with E-state index in [1.165, 1.54) is 0 Å². The highest BCUT2D eigenvalue weighted by atomic mass is 35.5. The van der Waals surface area contributed by atoms with E-state index in [1.54, 1.807) is 26.0 Å². The molecule has 15 heavy (non-hydrogen) atoms. The fourth-order valence-corrected chi connectivity index (χ4v) is 1.61. The molecule has 80 valence electrons. The van der Waals surface area contributed by atoms with Crippen LogP contribution in [0.4, 0.5) is 10.5 Å². The summed E-state index contributed by atoms with van der Waals surface area (Å²) >= 11 is 5.82. The third-order valence-corrected chi connectivity index (χ3v) is 2.10. The monoisotopic (exact) mass is 227 g/mol. The van der Waals surface area contributed by atoms with Crippen LogP contribution in [0.25, 0.3) is 0 Å². The van der Waals surface area contributed by atoms with Crippen molar-refractivity contribution < 1.29 is 14.3 Å². The number of hydrogen-bond acceptors (Lipinski definition) is 3. The molecule has 0 bridgehead atoms. The number of nitrogens with one attached hydrogen (secondary N) is 1. The van der Waals surface area contributed by atoms with Gasteiger partial charge in [-0.05, 0) is 37.1 Å². The minimum Gasteiger partial charge on any atom is -0.378 e. The molecule has 0 saturated heterocycles. The topological polar surface area (TPSA) is 55.4 Å². The van der Waals surface area contributed by atoms with Crippen LogP contribution in [0, 0.1) is 13.8 Å². The standard InChI is InChI=1S/C10H10ClNO3/c1-6-3-8(11)4-7(2)9(6)12-10(14)15-5-13/h3-5H,1-2H3,(H,12,14). The summed E-state index contributed by atoms with van der Waals surface area (Å²) in [5.41, 5.74) is 2.22. The fraction of sp³-hybridized carbons (Fsp3) is 0.200. The average Bonchev–Trinajstić information content (AvgIpc) is 2.11. The first kappa shape index (κ1) is 11.5. The van der Waals surface area contributed by atoms with Crippen molar-refractivity contribution in [3.8, 4) is 0 Å². The summed E-state index contributed by atoms with van der Waals surface area (Å²) in [5.74, 6) is 0. The highest BCUT2D eigenvalue weighted by Crippen LogP contribution is 2.24. The Hall–Kier alpha value is -1.55. The highest BCUT2D eigenvalue weighted by Gasteiger charge is 2.08. The van der Waals surface area contributed by atoms with E-state index in [4.69, 9.17) is 11.6 Å². The van der Waals surface area contributed by atoms with Gasteiger partial charge in [0.05, 0.1) is 0 Å². The van der Waals surface area contributed by atoms with Gasteiger partial charge in [-0.25, -0.2) is 4.79 Å². The van der Waals surface area contributed by atoms with Crippen molar-refractivity contribution in [2.75, 3.05) is 5.32 Å². The van der Waals surface area contributed by atoms with Gasteiger partial charge in [-0.3, -0.25) is 10.1 Å². The van der Waals surface area contributed by atoms with E-state index in [9.17, 15) is 9.59 Å². The van der Waals surface area contributed by atoms with Crippen LogP contribution in [0.2, 0.25) is 5.02 Å². The molecule has 1 aromatic rings. The lowest BCUT2D eigenvalue weighted by atomic mass is 10.1. The minimum absolute atomic E-state index is 0.0793. The van der Waals surface area contributed by atoms with Crippen LogP contribution in [-0.4, -0.2) is 12.6 Å². The Morgan fingerprint density at radius 1 is 1.40 bits per heavy atom. The predicted octanol–water partition coefficient (Wildman–Crippen LogP) is 2.66. The molecule has 0 unspecified atom stereocenters. The Morgan fingerprint density at radius 2 is 1.93 bits per heavy atom. The molecule has 1 aromatic carbocycles. The van der Waals surface area contributed by atoms with E-state index < -0.39 is 6.09 Å². The zero-order chi connectivity index (χ0) is 11.4.